The lowest BCUT2D eigenvalue weighted by Crippen LogP contribution is -2.64. The fourth-order valence-electron chi connectivity index (χ4n) is 3.06. The molecule has 0 amide bonds. The molecule has 1 aromatic rings. The maximum atomic E-state index is 13.1. The molecule has 0 aromatic carbocycles. The lowest BCUT2D eigenvalue weighted by Gasteiger charge is -2.42. The predicted octanol–water partition coefficient (Wildman–Crippen LogP) is -0.219. The number of rotatable bonds is 6. The van der Waals surface area contributed by atoms with Crippen molar-refractivity contribution in [1.82, 2.24) is 9.97 Å². The third kappa shape index (κ3) is 3.85. The Balaban J connectivity index is 1.86. The standard InChI is InChI=1S/C16H18F3N3O6/c1-3-4-26-9-5-8(16(17,18)19)20-14(21-9)22-10-11(23)12(24)15(6-25-2)7-27-13(10)28-15/h1,5,10-13,23-24H,4,6-7H2,2H3,(H,20,21,22)/t10-,11-,12-,13+,15+/m1/s1. The Kier molecular flexibility index (Phi) is 5.64. The lowest BCUT2D eigenvalue weighted by molar-refractivity contribution is -0.227. The molecular formula is C16H18F3N3O6. The summed E-state index contributed by atoms with van der Waals surface area (Å²) in [4.78, 5) is 7.20. The minimum atomic E-state index is -4.77. The van der Waals surface area contributed by atoms with Gasteiger partial charge in [0, 0.05) is 13.2 Å². The molecule has 12 heteroatoms. The van der Waals surface area contributed by atoms with Gasteiger partial charge in [-0.2, -0.15) is 18.2 Å². The average molecular weight is 405 g/mol. The van der Waals surface area contributed by atoms with E-state index in [1.54, 1.807) is 0 Å². The molecule has 0 unspecified atom stereocenters. The highest BCUT2D eigenvalue weighted by Crippen LogP contribution is 2.38. The summed E-state index contributed by atoms with van der Waals surface area (Å²) in [5.74, 6) is 1.21. The van der Waals surface area contributed by atoms with E-state index in [2.05, 4.69) is 21.2 Å². The van der Waals surface area contributed by atoms with Gasteiger partial charge in [0.05, 0.1) is 13.2 Å². The quantitative estimate of drug-likeness (QED) is 0.553. The van der Waals surface area contributed by atoms with Gasteiger partial charge in [0.15, 0.2) is 18.6 Å². The Bertz CT molecular complexity index is 758. The highest BCUT2D eigenvalue weighted by molar-refractivity contribution is 5.35. The van der Waals surface area contributed by atoms with Crippen molar-refractivity contribution < 1.29 is 42.3 Å². The van der Waals surface area contributed by atoms with Crippen LogP contribution in [0, 0.1) is 12.3 Å². The molecule has 2 aliphatic rings. The number of anilines is 1. The van der Waals surface area contributed by atoms with Gasteiger partial charge in [-0.05, 0) is 0 Å². The van der Waals surface area contributed by atoms with Gasteiger partial charge in [-0.1, -0.05) is 5.92 Å². The summed E-state index contributed by atoms with van der Waals surface area (Å²) in [7, 11) is 1.39. The molecule has 0 saturated carbocycles. The van der Waals surface area contributed by atoms with Gasteiger partial charge in [0.25, 0.3) is 0 Å². The molecule has 2 bridgehead atoms. The van der Waals surface area contributed by atoms with Gasteiger partial charge in [-0.3, -0.25) is 0 Å². The highest BCUT2D eigenvalue weighted by atomic mass is 19.4. The number of methoxy groups -OCH3 is 1. The van der Waals surface area contributed by atoms with Crippen LogP contribution in [0.1, 0.15) is 5.69 Å². The second-order valence-corrected chi connectivity index (χ2v) is 6.31. The molecular weight excluding hydrogens is 387 g/mol. The zero-order chi connectivity index (χ0) is 20.5. The molecule has 28 heavy (non-hydrogen) atoms. The molecule has 1 aromatic heterocycles. The van der Waals surface area contributed by atoms with Crippen LogP contribution in [0.4, 0.5) is 19.1 Å². The van der Waals surface area contributed by atoms with E-state index in [4.69, 9.17) is 25.4 Å². The number of nitrogens with zero attached hydrogens (tertiary/aromatic N) is 2. The molecule has 9 nitrogen and oxygen atoms in total. The van der Waals surface area contributed by atoms with Crippen LogP contribution < -0.4 is 10.1 Å². The number of fused-ring (bicyclic) bond motifs is 2. The molecule has 3 N–H and O–H groups in total. The fraction of sp³-hybridized carbons (Fsp3) is 0.625. The minimum absolute atomic E-state index is 0.0431. The van der Waals surface area contributed by atoms with Gasteiger partial charge >= 0.3 is 6.18 Å². The SMILES string of the molecule is C#CCOc1cc(C(F)(F)F)nc(N[C@H]2[C@H]3OC[C@](COC)(O3)[C@H](O)[C@@H]2O)n1. The first-order valence-electron chi connectivity index (χ1n) is 8.14. The van der Waals surface area contributed by atoms with Crippen LogP contribution in [0.15, 0.2) is 6.07 Å². The van der Waals surface area contributed by atoms with Crippen molar-refractivity contribution >= 4 is 5.95 Å². The van der Waals surface area contributed by atoms with E-state index in [1.807, 2.05) is 0 Å². The average Bonchev–Trinajstić information content (AvgIpc) is 3.04. The van der Waals surface area contributed by atoms with Crippen molar-refractivity contribution in [2.45, 2.75) is 36.3 Å². The van der Waals surface area contributed by atoms with Crippen molar-refractivity contribution in [3.8, 4) is 18.2 Å². The molecule has 0 radical (unpaired) electrons. The van der Waals surface area contributed by atoms with E-state index >= 15 is 0 Å². The molecule has 0 aliphatic carbocycles. The number of ether oxygens (including phenoxy) is 4. The Hall–Kier alpha value is -2.17. The summed E-state index contributed by atoms with van der Waals surface area (Å²) >= 11 is 0. The van der Waals surface area contributed by atoms with Crippen LogP contribution >= 0.6 is 0 Å². The van der Waals surface area contributed by atoms with Crippen LogP contribution in [-0.2, 0) is 20.4 Å². The topological polar surface area (TPSA) is 115 Å². The molecule has 5 atom stereocenters. The molecule has 3 rings (SSSR count). The zero-order valence-electron chi connectivity index (χ0n) is 14.6. The summed E-state index contributed by atoms with van der Waals surface area (Å²) in [6.07, 6.45) is -3.68. The first kappa shape index (κ1) is 20.6. The highest BCUT2D eigenvalue weighted by Gasteiger charge is 2.59. The second-order valence-electron chi connectivity index (χ2n) is 6.31. The van der Waals surface area contributed by atoms with E-state index in [-0.39, 0.29) is 19.8 Å². The van der Waals surface area contributed by atoms with Gasteiger partial charge in [-0.25, -0.2) is 4.98 Å². The number of terminal acetylenes is 1. The number of aliphatic hydroxyl groups is 2. The van der Waals surface area contributed by atoms with Gasteiger partial charge in [-0.15, -0.1) is 6.42 Å². The number of hydrogen-bond donors (Lipinski definition) is 3. The van der Waals surface area contributed by atoms with Gasteiger partial charge in [0.1, 0.15) is 23.9 Å². The first-order valence-corrected chi connectivity index (χ1v) is 8.14. The van der Waals surface area contributed by atoms with Gasteiger partial charge < -0.3 is 34.5 Å². The van der Waals surface area contributed by atoms with Crippen molar-refractivity contribution in [2.24, 2.45) is 0 Å². The fourth-order valence-corrected chi connectivity index (χ4v) is 3.06. The Labute approximate surface area is 157 Å². The second kappa shape index (κ2) is 7.69. The Morgan fingerprint density at radius 3 is 2.82 bits per heavy atom. The summed E-state index contributed by atoms with van der Waals surface area (Å²) in [6, 6.07) is -0.549. The molecule has 154 valence electrons. The van der Waals surface area contributed by atoms with Crippen LogP contribution in [0.2, 0.25) is 0 Å². The Morgan fingerprint density at radius 2 is 2.18 bits per heavy atom. The maximum Gasteiger partial charge on any atom is 0.433 e. The third-order valence-corrected chi connectivity index (χ3v) is 4.35. The smallest absolute Gasteiger partial charge is 0.433 e. The number of aromatic nitrogens is 2. The van der Waals surface area contributed by atoms with Crippen molar-refractivity contribution in [3.05, 3.63) is 11.8 Å². The summed E-state index contributed by atoms with van der Waals surface area (Å²) in [5, 5.41) is 23.4. The number of hydrogen-bond acceptors (Lipinski definition) is 9. The van der Waals surface area contributed by atoms with Crippen molar-refractivity contribution in [1.29, 1.82) is 0 Å². The van der Waals surface area contributed by atoms with Gasteiger partial charge in [0.2, 0.25) is 11.8 Å². The third-order valence-electron chi connectivity index (χ3n) is 4.35. The number of nitrogens with one attached hydrogen (secondary N) is 1. The van der Waals surface area contributed by atoms with Crippen LogP contribution in [0.25, 0.3) is 0 Å². The maximum absolute atomic E-state index is 13.1. The van der Waals surface area contributed by atoms with E-state index < -0.39 is 53.8 Å². The van der Waals surface area contributed by atoms with E-state index in [0.717, 1.165) is 0 Å². The minimum Gasteiger partial charge on any atom is -0.464 e. The molecule has 2 aliphatic heterocycles. The van der Waals surface area contributed by atoms with Crippen LogP contribution in [0.3, 0.4) is 0 Å². The number of halogens is 3. The normalized spacial score (nSPS) is 32.0. The zero-order valence-corrected chi connectivity index (χ0v) is 14.6. The van der Waals surface area contributed by atoms with E-state index in [1.165, 1.54) is 7.11 Å². The van der Waals surface area contributed by atoms with Crippen LogP contribution in [-0.4, -0.2) is 77.3 Å². The molecule has 0 spiro atoms. The molecule has 2 saturated heterocycles. The summed E-state index contributed by atoms with van der Waals surface area (Å²) in [5.41, 5.74) is -2.54. The number of alkyl halides is 3. The number of aliphatic hydroxyl groups excluding tert-OH is 2. The van der Waals surface area contributed by atoms with E-state index in [9.17, 15) is 23.4 Å². The monoisotopic (exact) mass is 405 g/mol. The predicted molar refractivity (Wildman–Crippen MR) is 86.2 cm³/mol. The first-order chi connectivity index (χ1) is 13.2. The summed E-state index contributed by atoms with van der Waals surface area (Å²) < 4.78 is 60.3. The van der Waals surface area contributed by atoms with Crippen LogP contribution in [0.5, 0.6) is 5.88 Å². The van der Waals surface area contributed by atoms with Crippen molar-refractivity contribution in [2.75, 3.05) is 32.2 Å². The van der Waals surface area contributed by atoms with E-state index in [0.29, 0.717) is 6.07 Å². The van der Waals surface area contributed by atoms with Crippen molar-refractivity contribution in [3.63, 3.8) is 0 Å². The summed E-state index contributed by atoms with van der Waals surface area (Å²) in [6.45, 7) is -0.409. The molecule has 2 fully saturated rings. The Morgan fingerprint density at radius 1 is 1.43 bits per heavy atom. The molecule has 3 heterocycles. The largest absolute Gasteiger partial charge is 0.464 e. The lowest BCUT2D eigenvalue weighted by atomic mass is 9.88.